The van der Waals surface area contributed by atoms with E-state index in [1.807, 2.05) is 25.1 Å². The molecule has 3 aromatic rings. The van der Waals surface area contributed by atoms with Crippen LogP contribution in [0.4, 0.5) is 5.69 Å². The van der Waals surface area contributed by atoms with Crippen molar-refractivity contribution >= 4 is 11.7 Å². The number of carboxylic acids is 1. The molecule has 0 aliphatic carbocycles. The summed E-state index contributed by atoms with van der Waals surface area (Å²) < 4.78 is 5.27. The lowest BCUT2D eigenvalue weighted by Crippen LogP contribution is -2.00. The van der Waals surface area contributed by atoms with Crippen LogP contribution in [0, 0.1) is 17.0 Å². The van der Waals surface area contributed by atoms with Gasteiger partial charge in [0.05, 0.1) is 17.6 Å². The van der Waals surface area contributed by atoms with E-state index in [1.54, 1.807) is 31.4 Å². The molecular formula is C21H17NO5. The number of nitrogens with zero attached hydrogens (tertiary/aromatic N) is 1. The molecule has 6 heteroatoms. The zero-order valence-electron chi connectivity index (χ0n) is 14.8. The smallest absolute Gasteiger partial charge is 0.336 e. The van der Waals surface area contributed by atoms with Crippen molar-refractivity contribution in [1.29, 1.82) is 0 Å². The van der Waals surface area contributed by atoms with Crippen LogP contribution in [-0.2, 0) is 0 Å². The van der Waals surface area contributed by atoms with Crippen molar-refractivity contribution in [1.82, 2.24) is 0 Å². The molecule has 3 rings (SSSR count). The molecule has 0 unspecified atom stereocenters. The Labute approximate surface area is 155 Å². The predicted molar refractivity (Wildman–Crippen MR) is 102 cm³/mol. The lowest BCUT2D eigenvalue weighted by Gasteiger charge is -2.12. The van der Waals surface area contributed by atoms with Crippen molar-refractivity contribution in [3.63, 3.8) is 0 Å². The topological polar surface area (TPSA) is 89.7 Å². The van der Waals surface area contributed by atoms with Gasteiger partial charge in [0.1, 0.15) is 5.75 Å². The fourth-order valence-corrected chi connectivity index (χ4v) is 2.99. The van der Waals surface area contributed by atoms with Gasteiger partial charge in [0.15, 0.2) is 0 Å². The van der Waals surface area contributed by atoms with E-state index in [4.69, 9.17) is 4.74 Å². The van der Waals surface area contributed by atoms with E-state index in [1.165, 1.54) is 18.2 Å². The number of benzene rings is 3. The van der Waals surface area contributed by atoms with Gasteiger partial charge in [-0.3, -0.25) is 10.1 Å². The quantitative estimate of drug-likeness (QED) is 0.512. The molecule has 136 valence electrons. The van der Waals surface area contributed by atoms with Crippen LogP contribution in [-0.4, -0.2) is 23.1 Å². The van der Waals surface area contributed by atoms with Gasteiger partial charge < -0.3 is 9.84 Å². The summed E-state index contributed by atoms with van der Waals surface area (Å²) in [5.74, 6) is -0.325. The summed E-state index contributed by atoms with van der Waals surface area (Å²) in [6.45, 7) is 1.93. The molecule has 0 aromatic heterocycles. The molecule has 0 amide bonds. The minimum Gasteiger partial charge on any atom is -0.496 e. The summed E-state index contributed by atoms with van der Waals surface area (Å²) in [4.78, 5) is 22.2. The van der Waals surface area contributed by atoms with Crippen LogP contribution in [0.2, 0.25) is 0 Å². The third-order valence-corrected chi connectivity index (χ3v) is 4.35. The molecule has 0 radical (unpaired) electrons. The van der Waals surface area contributed by atoms with Gasteiger partial charge in [-0.05, 0) is 59.0 Å². The number of hydrogen-bond acceptors (Lipinski definition) is 4. The summed E-state index contributed by atoms with van der Waals surface area (Å²) in [5, 5.41) is 20.6. The van der Waals surface area contributed by atoms with Gasteiger partial charge in [0.2, 0.25) is 0 Å². The Morgan fingerprint density at radius 3 is 2.33 bits per heavy atom. The fourth-order valence-electron chi connectivity index (χ4n) is 2.99. The van der Waals surface area contributed by atoms with Crippen molar-refractivity contribution < 1.29 is 19.6 Å². The monoisotopic (exact) mass is 363 g/mol. The first-order chi connectivity index (χ1) is 12.9. The normalized spacial score (nSPS) is 10.4. The number of non-ortho nitro benzene ring substituents is 1. The van der Waals surface area contributed by atoms with Crippen molar-refractivity contribution in [2.24, 2.45) is 0 Å². The maximum Gasteiger partial charge on any atom is 0.336 e. The number of hydrogen-bond donors (Lipinski definition) is 1. The van der Waals surface area contributed by atoms with Gasteiger partial charge in [-0.1, -0.05) is 24.3 Å². The van der Waals surface area contributed by atoms with Crippen molar-refractivity contribution in [3.05, 3.63) is 81.9 Å². The molecular weight excluding hydrogens is 346 g/mol. The number of carbonyl (C=O) groups is 1. The van der Waals surface area contributed by atoms with Crippen LogP contribution in [0.15, 0.2) is 60.7 Å². The fraction of sp³-hybridized carbons (Fsp3) is 0.0952. The largest absolute Gasteiger partial charge is 0.496 e. The van der Waals surface area contributed by atoms with Gasteiger partial charge in [-0.2, -0.15) is 0 Å². The number of aryl methyl sites for hydroxylation is 1. The molecule has 0 aliphatic heterocycles. The first-order valence-corrected chi connectivity index (χ1v) is 8.18. The summed E-state index contributed by atoms with van der Waals surface area (Å²) in [6, 6.07) is 16.6. The molecule has 0 atom stereocenters. The van der Waals surface area contributed by atoms with E-state index in [0.717, 1.165) is 22.4 Å². The molecule has 0 saturated carbocycles. The third kappa shape index (κ3) is 3.64. The minimum absolute atomic E-state index is 0.0875. The third-order valence-electron chi connectivity index (χ3n) is 4.35. The van der Waals surface area contributed by atoms with E-state index < -0.39 is 10.9 Å². The van der Waals surface area contributed by atoms with Crippen molar-refractivity contribution in [3.8, 4) is 28.0 Å². The van der Waals surface area contributed by atoms with Crippen LogP contribution >= 0.6 is 0 Å². The molecule has 0 saturated heterocycles. The first-order valence-electron chi connectivity index (χ1n) is 8.18. The highest BCUT2D eigenvalue weighted by atomic mass is 16.6. The number of aromatic carboxylic acids is 1. The zero-order valence-corrected chi connectivity index (χ0v) is 14.8. The second-order valence-electron chi connectivity index (χ2n) is 6.06. The predicted octanol–water partition coefficient (Wildman–Crippen LogP) is 4.94. The summed E-state index contributed by atoms with van der Waals surface area (Å²) >= 11 is 0. The Morgan fingerprint density at radius 2 is 1.70 bits per heavy atom. The maximum atomic E-state index is 11.6. The average molecular weight is 363 g/mol. The molecule has 6 nitrogen and oxygen atoms in total. The first kappa shape index (κ1) is 18.1. The number of methoxy groups -OCH3 is 1. The molecule has 3 aromatic carbocycles. The van der Waals surface area contributed by atoms with Gasteiger partial charge in [0.25, 0.3) is 5.69 Å². The Bertz CT molecular complexity index is 1040. The Morgan fingerprint density at radius 1 is 1.00 bits per heavy atom. The van der Waals surface area contributed by atoms with Crippen molar-refractivity contribution in [2.75, 3.05) is 7.11 Å². The van der Waals surface area contributed by atoms with E-state index in [2.05, 4.69) is 0 Å². The van der Waals surface area contributed by atoms with Gasteiger partial charge in [-0.15, -0.1) is 0 Å². The zero-order chi connectivity index (χ0) is 19.6. The molecule has 1 N–H and O–H groups in total. The lowest BCUT2D eigenvalue weighted by atomic mass is 9.93. The van der Waals surface area contributed by atoms with Gasteiger partial charge in [0, 0.05) is 12.1 Å². The van der Waals surface area contributed by atoms with Crippen LogP contribution in [0.25, 0.3) is 22.3 Å². The molecule has 0 aliphatic rings. The average Bonchev–Trinajstić information content (AvgIpc) is 2.67. The number of ether oxygens (including phenoxy) is 1. The van der Waals surface area contributed by atoms with Crippen LogP contribution in [0.1, 0.15) is 15.9 Å². The number of nitro benzene ring substituents is 1. The lowest BCUT2D eigenvalue weighted by molar-refractivity contribution is -0.384. The number of nitro groups is 1. The highest BCUT2D eigenvalue weighted by Gasteiger charge is 2.16. The highest BCUT2D eigenvalue weighted by molar-refractivity contribution is 5.97. The van der Waals surface area contributed by atoms with Crippen LogP contribution in [0.3, 0.4) is 0 Å². The molecule has 0 fully saturated rings. The second-order valence-corrected chi connectivity index (χ2v) is 6.06. The summed E-state index contributed by atoms with van der Waals surface area (Å²) in [5.41, 5.74) is 3.57. The molecule has 27 heavy (non-hydrogen) atoms. The Hall–Kier alpha value is -3.67. The minimum atomic E-state index is -1.09. The van der Waals surface area contributed by atoms with E-state index in [9.17, 15) is 20.0 Å². The molecule has 0 heterocycles. The van der Waals surface area contributed by atoms with E-state index >= 15 is 0 Å². The second kappa shape index (κ2) is 7.29. The summed E-state index contributed by atoms with van der Waals surface area (Å²) in [6.07, 6.45) is 0. The van der Waals surface area contributed by atoms with Gasteiger partial charge in [-0.25, -0.2) is 4.79 Å². The number of rotatable bonds is 5. The Balaban J connectivity index is 2.17. The van der Waals surface area contributed by atoms with E-state index in [0.29, 0.717) is 11.1 Å². The molecule has 0 bridgehead atoms. The maximum absolute atomic E-state index is 11.6. The molecule has 0 spiro atoms. The Kier molecular flexibility index (Phi) is 4.90. The number of carboxylic acid groups (broad SMARTS) is 1. The van der Waals surface area contributed by atoms with Crippen LogP contribution < -0.4 is 4.74 Å². The van der Waals surface area contributed by atoms with Crippen LogP contribution in [0.5, 0.6) is 5.75 Å². The summed E-state index contributed by atoms with van der Waals surface area (Å²) in [7, 11) is 1.60. The van der Waals surface area contributed by atoms with Crippen molar-refractivity contribution in [2.45, 2.75) is 6.92 Å². The SMILES string of the molecule is COc1ccc(-c2ccc(C(=O)O)c(-c3cccc([N+](=O)[O-])c3)c2)cc1C. The standard InChI is InChI=1S/C21H17NO5/c1-13-10-14(7-9-20(13)27-2)15-6-8-18(21(23)24)19(12-15)16-4-3-5-17(11-16)22(25)26/h3-12H,1-2H3,(H,23,24). The van der Waals surface area contributed by atoms with Gasteiger partial charge >= 0.3 is 5.97 Å². The highest BCUT2D eigenvalue weighted by Crippen LogP contribution is 2.33. The van der Waals surface area contributed by atoms with E-state index in [-0.39, 0.29) is 11.3 Å².